The minimum absolute atomic E-state index is 0.0000504. The molecule has 19 nitrogen and oxygen atoms in total. The molecule has 490 valence electrons. The highest BCUT2D eigenvalue weighted by molar-refractivity contribution is 7.93. The Morgan fingerprint density at radius 3 is 1.16 bits per heavy atom. The summed E-state index contributed by atoms with van der Waals surface area (Å²) in [5.74, 6) is -0.0344. The molecule has 4 aliphatic heterocycles. The zero-order valence-corrected chi connectivity index (χ0v) is 56.6. The summed E-state index contributed by atoms with van der Waals surface area (Å²) in [5.41, 5.74) is -1.53. The zero-order chi connectivity index (χ0) is 67.5. The Morgan fingerprint density at radius 2 is 0.809 bits per heavy atom. The summed E-state index contributed by atoms with van der Waals surface area (Å²) in [6, 6.07) is 27.3. The molecule has 21 heteroatoms. The van der Waals surface area contributed by atoms with Gasteiger partial charge in [-0.25, -0.2) is 21.6 Å². The van der Waals surface area contributed by atoms with Gasteiger partial charge in [-0.15, -0.1) is 0 Å². The van der Waals surface area contributed by atoms with Gasteiger partial charge in [0.25, 0.3) is 31.9 Å². The van der Waals surface area contributed by atoms with Crippen LogP contribution in [-0.4, -0.2) is 83.9 Å². The summed E-state index contributed by atoms with van der Waals surface area (Å²) >= 11 is 0. The van der Waals surface area contributed by atoms with Crippen LogP contribution in [0.1, 0.15) is 141 Å². The number of hydrogen-bond acceptors (Lipinski definition) is 13. The third-order valence-electron chi connectivity index (χ3n) is 17.3. The van der Waals surface area contributed by atoms with Gasteiger partial charge in [0.1, 0.15) is 11.5 Å². The number of ether oxygens (including phenoxy) is 2. The number of carbonyl (C=O) groups is 3. The van der Waals surface area contributed by atoms with E-state index >= 15 is 26.4 Å². The molecule has 12 bridgehead atoms. The topological polar surface area (TPSA) is 253 Å². The first-order valence-corrected chi connectivity index (χ1v) is 34.9. The maximum absolute atomic E-state index is 15.4. The molecule has 0 aliphatic carbocycles. The van der Waals surface area contributed by atoms with Gasteiger partial charge in [0.2, 0.25) is 10.9 Å². The van der Waals surface area contributed by atoms with E-state index in [0.717, 1.165) is 12.8 Å². The minimum Gasteiger partial charge on any atom is -0.493 e. The van der Waals surface area contributed by atoms with E-state index in [-0.39, 0.29) is 87.5 Å². The van der Waals surface area contributed by atoms with Crippen molar-refractivity contribution in [1.29, 1.82) is 0 Å². The van der Waals surface area contributed by atoms with Crippen LogP contribution in [0.5, 0.6) is 11.5 Å². The van der Waals surface area contributed by atoms with Crippen molar-refractivity contribution in [3.05, 3.63) is 152 Å². The molecule has 4 amide bonds. The van der Waals surface area contributed by atoms with E-state index in [9.17, 15) is 14.4 Å². The van der Waals surface area contributed by atoms with Crippen LogP contribution >= 0.6 is 0 Å². The lowest BCUT2D eigenvalue weighted by Gasteiger charge is -2.23. The minimum atomic E-state index is -4.65. The van der Waals surface area contributed by atoms with Gasteiger partial charge in [-0.3, -0.25) is 28.6 Å². The molecular weight excluding hydrogens is 1230 g/mol. The lowest BCUT2D eigenvalue weighted by atomic mass is 9.85. The maximum atomic E-state index is 15.4. The molecule has 0 radical (unpaired) electrons. The van der Waals surface area contributed by atoms with Gasteiger partial charge in [0.05, 0.1) is 67.3 Å². The number of urea groups is 1. The van der Waals surface area contributed by atoms with Crippen LogP contribution in [0.15, 0.2) is 137 Å². The summed E-state index contributed by atoms with van der Waals surface area (Å²) in [6.45, 7) is 24.7. The van der Waals surface area contributed by atoms with E-state index in [0.29, 0.717) is 108 Å². The Morgan fingerprint density at radius 1 is 0.447 bits per heavy atom. The largest absolute Gasteiger partial charge is 0.493 e. The van der Waals surface area contributed by atoms with Crippen molar-refractivity contribution in [2.24, 2.45) is 0 Å². The van der Waals surface area contributed by atoms with Crippen LogP contribution in [0.25, 0.3) is 76.5 Å². The lowest BCUT2D eigenvalue weighted by Crippen LogP contribution is -2.30. The number of unbranched alkanes of at least 4 members (excludes halogenated alkanes) is 2. The summed E-state index contributed by atoms with van der Waals surface area (Å²) in [6.07, 6.45) is 3.07. The summed E-state index contributed by atoms with van der Waals surface area (Å²) in [7, 11) is -9.31. The van der Waals surface area contributed by atoms with E-state index in [4.69, 9.17) is 18.3 Å². The van der Waals surface area contributed by atoms with Crippen molar-refractivity contribution >= 4 is 126 Å². The number of sulfonamides is 2. The van der Waals surface area contributed by atoms with Gasteiger partial charge in [0.15, 0.2) is 22.3 Å². The Balaban J connectivity index is 1.24. The molecular formula is C73H78N6O13S2. The van der Waals surface area contributed by atoms with E-state index in [1.165, 1.54) is 48.5 Å². The molecule has 10 aromatic rings. The molecule has 0 fully saturated rings. The van der Waals surface area contributed by atoms with Crippen molar-refractivity contribution in [1.82, 2.24) is 9.80 Å². The van der Waals surface area contributed by atoms with E-state index in [1.54, 1.807) is 70.5 Å². The van der Waals surface area contributed by atoms with Crippen LogP contribution in [0.3, 0.4) is 0 Å². The van der Waals surface area contributed by atoms with E-state index in [2.05, 4.69) is 20.1 Å². The first-order chi connectivity index (χ1) is 44.6. The molecule has 0 unspecified atom stereocenters. The first-order valence-electron chi connectivity index (χ1n) is 31.9. The Kier molecular flexibility index (Phi) is 17.9. The Labute approximate surface area is 545 Å². The number of hydrogen-bond donors (Lipinski definition) is 4. The fourth-order valence-electron chi connectivity index (χ4n) is 12.0. The van der Waals surface area contributed by atoms with Crippen molar-refractivity contribution in [2.45, 2.75) is 129 Å². The molecule has 94 heavy (non-hydrogen) atoms. The number of amides is 4. The second kappa shape index (κ2) is 25.4. The molecule has 4 aliphatic rings. The number of anilines is 4. The van der Waals surface area contributed by atoms with Crippen LogP contribution in [-0.2, 0) is 30.9 Å². The Bertz CT molecular complexity index is 4820. The molecule has 6 heterocycles. The second-order valence-electron chi connectivity index (χ2n) is 25.8. The number of benzene rings is 8. The van der Waals surface area contributed by atoms with Gasteiger partial charge in [-0.2, -0.15) is 0 Å². The van der Waals surface area contributed by atoms with E-state index < -0.39 is 59.6 Å². The third kappa shape index (κ3) is 12.4. The number of nitrogens with zero attached hydrogens (tertiary/aromatic N) is 2. The Hall–Kier alpha value is -9.47. The molecule has 0 saturated heterocycles. The van der Waals surface area contributed by atoms with Crippen molar-refractivity contribution in [2.75, 3.05) is 59.5 Å². The van der Waals surface area contributed by atoms with Crippen molar-refractivity contribution in [3.63, 3.8) is 0 Å². The van der Waals surface area contributed by atoms with Gasteiger partial charge in [-0.1, -0.05) is 92.5 Å². The summed E-state index contributed by atoms with van der Waals surface area (Å²) < 4.78 is 93.0. The van der Waals surface area contributed by atoms with Crippen molar-refractivity contribution in [3.8, 4) is 22.6 Å². The molecule has 14 rings (SSSR count). The second-order valence-corrected chi connectivity index (χ2v) is 29.1. The standard InChI is InChI=1S/C73H78N6O13S2/c1-13-19-29-89-59-27-21-41-31-47-23-25-49(41)61(59)62-50-26-24-48(32-42(50)22-28-60(62)90-30-20-14-2)94(87,88)77-58-36-44(70(83)79(17-5)18-6)34-52-64(81)54-38-46(73(10,11)12)40-56(66(54)92-68(52)58)75-71(84)74-55-39-45(72(7,8)9)37-53-63(80)51-33-43(69(82)78(15-3)16-4)35-57(76-93(47,85)86)67(51)91-65(53)55/h21-28,31-40,76-77H,13-20,29-30H2,1-12H3,(H2,74,75,84). The maximum Gasteiger partial charge on any atom is 0.323 e. The highest BCUT2D eigenvalue weighted by Gasteiger charge is 2.31. The number of carbonyl (C=O) groups excluding carboxylic acids is 3. The number of rotatable bonds is 14. The quantitative estimate of drug-likeness (QED) is 0.0584. The van der Waals surface area contributed by atoms with Gasteiger partial charge >= 0.3 is 6.03 Å². The molecule has 0 saturated carbocycles. The molecule has 4 N–H and O–H groups in total. The van der Waals surface area contributed by atoms with Crippen LogP contribution in [0.4, 0.5) is 27.5 Å². The number of nitrogens with one attached hydrogen (secondary N) is 4. The normalized spacial score (nSPS) is 14.0. The molecule has 0 atom stereocenters. The third-order valence-corrected chi connectivity index (χ3v) is 20.1. The van der Waals surface area contributed by atoms with Gasteiger partial charge in [-0.05, 0) is 169 Å². The lowest BCUT2D eigenvalue weighted by molar-refractivity contribution is 0.0765. The SMILES string of the molecule is CCCCOc1ccc2cc3ccc2c1-c1c(OCCCC)ccc2cc(ccc12)S(=O)(=O)Nc1cc(C(=O)N(CC)CC)cc2c(=O)c4cc(C(C)(C)C)cc(c4oc12)NC(=O)Nc1cc(C(C)(C)C)cc2c(=O)c4cc(C(=O)N(CC)CC)cc(c4oc12)NS3(=O)=O. The summed E-state index contributed by atoms with van der Waals surface area (Å²) in [5, 5.41) is 7.57. The van der Waals surface area contributed by atoms with Crippen molar-refractivity contribution < 1.29 is 49.5 Å². The van der Waals surface area contributed by atoms with Crippen LogP contribution in [0.2, 0.25) is 0 Å². The van der Waals surface area contributed by atoms with Crippen LogP contribution in [0, 0.1) is 0 Å². The average molecular weight is 1310 g/mol. The summed E-state index contributed by atoms with van der Waals surface area (Å²) in [4.78, 5) is 77.2. The smallest absolute Gasteiger partial charge is 0.323 e. The van der Waals surface area contributed by atoms with Crippen LogP contribution < -0.4 is 40.4 Å². The predicted octanol–water partition coefficient (Wildman–Crippen LogP) is 15.7. The molecule has 2 aromatic heterocycles. The fraction of sp³-hybridized carbons (Fsp3) is 0.329. The molecule has 0 spiro atoms. The fourth-order valence-corrected chi connectivity index (χ4v) is 14.1. The predicted molar refractivity (Wildman–Crippen MR) is 374 cm³/mol. The van der Waals surface area contributed by atoms with E-state index in [1.807, 2.05) is 83.1 Å². The average Bonchev–Trinajstić information content (AvgIpc) is 0.766. The van der Waals surface area contributed by atoms with Gasteiger partial charge in [0, 0.05) is 48.4 Å². The first kappa shape index (κ1) is 66.0. The zero-order valence-electron chi connectivity index (χ0n) is 55.0. The van der Waals surface area contributed by atoms with Gasteiger partial charge < -0.3 is 38.7 Å². The molecule has 8 aromatic carbocycles. The highest BCUT2D eigenvalue weighted by atomic mass is 32.2. The monoisotopic (exact) mass is 1310 g/mol. The highest BCUT2D eigenvalue weighted by Crippen LogP contribution is 2.47.